The SMILES string of the molecule is Cc1ccc(CNC(=O)c2cc(NC(=O)C(C)C)n(-c3ccccc3)n2)o1. The van der Waals surface area contributed by atoms with Gasteiger partial charge in [-0.15, -0.1) is 0 Å². The monoisotopic (exact) mass is 366 g/mol. The highest BCUT2D eigenvalue weighted by Gasteiger charge is 2.18. The van der Waals surface area contributed by atoms with Crippen molar-refractivity contribution in [2.24, 2.45) is 5.92 Å². The summed E-state index contributed by atoms with van der Waals surface area (Å²) in [6.45, 7) is 5.71. The first-order valence-electron chi connectivity index (χ1n) is 8.74. The van der Waals surface area contributed by atoms with Gasteiger partial charge in [-0.25, -0.2) is 4.68 Å². The van der Waals surface area contributed by atoms with Gasteiger partial charge in [0, 0.05) is 12.0 Å². The number of anilines is 1. The number of rotatable bonds is 6. The lowest BCUT2D eigenvalue weighted by Crippen LogP contribution is -2.23. The predicted octanol–water partition coefficient (Wildman–Crippen LogP) is 3.30. The molecule has 0 saturated carbocycles. The molecule has 0 aliphatic heterocycles. The third-order valence-corrected chi connectivity index (χ3v) is 3.94. The maximum absolute atomic E-state index is 12.5. The molecular formula is C20H22N4O3. The Morgan fingerprint density at radius 1 is 1.15 bits per heavy atom. The van der Waals surface area contributed by atoms with Gasteiger partial charge in [0.05, 0.1) is 12.2 Å². The first kappa shape index (κ1) is 18.4. The standard InChI is InChI=1S/C20H22N4O3/c1-13(2)19(25)22-18-11-17(23-24(18)15-7-5-4-6-8-15)20(26)21-12-16-10-9-14(3)27-16/h4-11,13H,12H2,1-3H3,(H,21,26)(H,22,25). The average molecular weight is 366 g/mol. The minimum atomic E-state index is -0.348. The summed E-state index contributed by atoms with van der Waals surface area (Å²) in [7, 11) is 0. The molecule has 0 saturated heterocycles. The average Bonchev–Trinajstić information content (AvgIpc) is 3.26. The number of nitrogens with one attached hydrogen (secondary N) is 2. The van der Waals surface area contributed by atoms with Crippen molar-refractivity contribution < 1.29 is 14.0 Å². The van der Waals surface area contributed by atoms with Gasteiger partial charge in [-0.3, -0.25) is 9.59 Å². The number of hydrogen-bond acceptors (Lipinski definition) is 4. The zero-order valence-electron chi connectivity index (χ0n) is 15.5. The highest BCUT2D eigenvalue weighted by atomic mass is 16.3. The molecule has 7 heteroatoms. The second-order valence-electron chi connectivity index (χ2n) is 6.50. The van der Waals surface area contributed by atoms with Crippen molar-refractivity contribution in [3.63, 3.8) is 0 Å². The minimum absolute atomic E-state index is 0.148. The molecule has 2 amide bonds. The van der Waals surface area contributed by atoms with Crippen LogP contribution in [0, 0.1) is 12.8 Å². The number of aryl methyl sites for hydroxylation is 1. The molecule has 3 aromatic rings. The van der Waals surface area contributed by atoms with E-state index in [4.69, 9.17) is 4.42 Å². The Labute approximate surface area is 157 Å². The van der Waals surface area contributed by atoms with Gasteiger partial charge in [-0.2, -0.15) is 5.10 Å². The van der Waals surface area contributed by atoms with Gasteiger partial charge in [0.25, 0.3) is 5.91 Å². The van der Waals surface area contributed by atoms with Crippen molar-refractivity contribution in [2.45, 2.75) is 27.3 Å². The predicted molar refractivity (Wildman–Crippen MR) is 102 cm³/mol. The van der Waals surface area contributed by atoms with Gasteiger partial charge in [-0.05, 0) is 31.2 Å². The number of hydrogen-bond donors (Lipinski definition) is 2. The fourth-order valence-electron chi connectivity index (χ4n) is 2.46. The van der Waals surface area contributed by atoms with Crippen LogP contribution in [0.2, 0.25) is 0 Å². The fraction of sp³-hybridized carbons (Fsp3) is 0.250. The highest BCUT2D eigenvalue weighted by Crippen LogP contribution is 2.18. The van der Waals surface area contributed by atoms with Crippen LogP contribution in [0.25, 0.3) is 5.69 Å². The van der Waals surface area contributed by atoms with Crippen LogP contribution in [0.1, 0.15) is 35.9 Å². The number of carbonyl (C=O) groups excluding carboxylic acids is 2. The normalized spacial score (nSPS) is 10.8. The molecule has 0 bridgehead atoms. The van der Waals surface area contributed by atoms with Crippen LogP contribution < -0.4 is 10.6 Å². The molecule has 2 aromatic heterocycles. The van der Waals surface area contributed by atoms with E-state index in [0.717, 1.165) is 11.4 Å². The molecule has 0 atom stereocenters. The van der Waals surface area contributed by atoms with Crippen molar-refractivity contribution in [3.8, 4) is 5.69 Å². The summed E-state index contributed by atoms with van der Waals surface area (Å²) in [4.78, 5) is 24.6. The Hall–Kier alpha value is -3.35. The van der Waals surface area contributed by atoms with E-state index in [1.807, 2.05) is 49.4 Å². The zero-order valence-corrected chi connectivity index (χ0v) is 15.5. The van der Waals surface area contributed by atoms with Crippen LogP contribution in [0.4, 0.5) is 5.82 Å². The second-order valence-corrected chi connectivity index (χ2v) is 6.50. The van der Waals surface area contributed by atoms with E-state index in [2.05, 4.69) is 15.7 Å². The molecular weight excluding hydrogens is 344 g/mol. The van der Waals surface area contributed by atoms with E-state index in [1.165, 1.54) is 0 Å². The third-order valence-electron chi connectivity index (χ3n) is 3.94. The number of furan rings is 1. The summed E-state index contributed by atoms with van der Waals surface area (Å²) in [5.74, 6) is 1.20. The van der Waals surface area contributed by atoms with Crippen molar-refractivity contribution >= 4 is 17.6 Å². The lowest BCUT2D eigenvalue weighted by Gasteiger charge is -2.10. The van der Waals surface area contributed by atoms with Crippen molar-refractivity contribution in [1.82, 2.24) is 15.1 Å². The molecule has 140 valence electrons. The summed E-state index contributed by atoms with van der Waals surface area (Å²) < 4.78 is 7.00. The molecule has 7 nitrogen and oxygen atoms in total. The Balaban J connectivity index is 1.83. The molecule has 0 spiro atoms. The minimum Gasteiger partial charge on any atom is -0.465 e. The fourth-order valence-corrected chi connectivity index (χ4v) is 2.46. The summed E-state index contributed by atoms with van der Waals surface area (Å²) in [6.07, 6.45) is 0. The Kier molecular flexibility index (Phi) is 5.40. The smallest absolute Gasteiger partial charge is 0.272 e. The Bertz CT molecular complexity index is 941. The molecule has 0 radical (unpaired) electrons. The van der Waals surface area contributed by atoms with Gasteiger partial charge in [0.2, 0.25) is 5.91 Å². The van der Waals surface area contributed by atoms with Crippen molar-refractivity contribution in [3.05, 3.63) is 65.7 Å². The van der Waals surface area contributed by atoms with Crippen LogP contribution in [-0.4, -0.2) is 21.6 Å². The van der Waals surface area contributed by atoms with Crippen LogP contribution in [0.15, 0.2) is 52.9 Å². The van der Waals surface area contributed by atoms with Crippen LogP contribution in [0.3, 0.4) is 0 Å². The molecule has 2 heterocycles. The maximum Gasteiger partial charge on any atom is 0.272 e. The summed E-state index contributed by atoms with van der Waals surface area (Å²) in [6, 6.07) is 14.5. The van der Waals surface area contributed by atoms with Gasteiger partial charge in [0.15, 0.2) is 5.69 Å². The van der Waals surface area contributed by atoms with Crippen LogP contribution in [0.5, 0.6) is 0 Å². The summed E-state index contributed by atoms with van der Waals surface area (Å²) in [5, 5.41) is 9.97. The van der Waals surface area contributed by atoms with E-state index in [0.29, 0.717) is 11.6 Å². The molecule has 0 aliphatic rings. The quantitative estimate of drug-likeness (QED) is 0.700. The molecule has 0 fully saturated rings. The number of nitrogens with zero attached hydrogens (tertiary/aromatic N) is 2. The Morgan fingerprint density at radius 2 is 1.89 bits per heavy atom. The topological polar surface area (TPSA) is 89.2 Å². The number of para-hydroxylation sites is 1. The summed E-state index contributed by atoms with van der Waals surface area (Å²) in [5.41, 5.74) is 0.957. The van der Waals surface area contributed by atoms with E-state index in [1.54, 1.807) is 24.6 Å². The highest BCUT2D eigenvalue weighted by molar-refractivity contribution is 5.96. The lowest BCUT2D eigenvalue weighted by molar-refractivity contribution is -0.118. The molecule has 27 heavy (non-hydrogen) atoms. The largest absolute Gasteiger partial charge is 0.465 e. The zero-order chi connectivity index (χ0) is 19.4. The maximum atomic E-state index is 12.5. The molecule has 2 N–H and O–H groups in total. The van der Waals surface area contributed by atoms with E-state index >= 15 is 0 Å². The molecule has 1 aromatic carbocycles. The molecule has 0 unspecified atom stereocenters. The second kappa shape index (κ2) is 7.90. The van der Waals surface area contributed by atoms with E-state index in [9.17, 15) is 9.59 Å². The Morgan fingerprint density at radius 3 is 2.52 bits per heavy atom. The number of amides is 2. The third kappa shape index (κ3) is 4.44. The van der Waals surface area contributed by atoms with Crippen molar-refractivity contribution in [2.75, 3.05) is 5.32 Å². The van der Waals surface area contributed by atoms with Gasteiger partial charge in [-0.1, -0.05) is 32.0 Å². The van der Waals surface area contributed by atoms with Gasteiger partial charge >= 0.3 is 0 Å². The number of benzene rings is 1. The van der Waals surface area contributed by atoms with Crippen molar-refractivity contribution in [1.29, 1.82) is 0 Å². The van der Waals surface area contributed by atoms with Crippen LogP contribution >= 0.6 is 0 Å². The first-order valence-corrected chi connectivity index (χ1v) is 8.74. The van der Waals surface area contributed by atoms with Crippen LogP contribution in [-0.2, 0) is 11.3 Å². The van der Waals surface area contributed by atoms with Gasteiger partial charge in [0.1, 0.15) is 17.3 Å². The molecule has 0 aliphatic carbocycles. The number of carbonyl (C=O) groups is 2. The summed E-state index contributed by atoms with van der Waals surface area (Å²) >= 11 is 0. The van der Waals surface area contributed by atoms with E-state index < -0.39 is 0 Å². The van der Waals surface area contributed by atoms with Gasteiger partial charge < -0.3 is 15.1 Å². The first-order chi connectivity index (χ1) is 12.9. The molecule has 3 rings (SSSR count). The van der Waals surface area contributed by atoms with E-state index in [-0.39, 0.29) is 30.0 Å². The lowest BCUT2D eigenvalue weighted by atomic mass is 10.2. The number of aromatic nitrogens is 2.